The molecule has 5 nitrogen and oxygen atoms in total. The standard InChI is InChI=1S/C22H31N3O2/c1-18(2)17-27-21(26)25-12-8-22(9-13-25)6-10-24(11-7-22)16-20-5-3-4-19(14-20)15-23/h3-5,14,18H,6-13,16-17H2,1-2H3. The fourth-order valence-electron chi connectivity index (χ4n) is 4.18. The van der Waals surface area contributed by atoms with Crippen molar-refractivity contribution < 1.29 is 9.53 Å². The van der Waals surface area contributed by atoms with Gasteiger partial charge in [0.15, 0.2) is 0 Å². The molecule has 5 heteroatoms. The lowest BCUT2D eigenvalue weighted by molar-refractivity contribution is 0.0237. The second-order valence-corrected chi connectivity index (χ2v) is 8.55. The molecule has 1 spiro atoms. The summed E-state index contributed by atoms with van der Waals surface area (Å²) in [5.74, 6) is 0.378. The minimum absolute atomic E-state index is 0.145. The van der Waals surface area contributed by atoms with Gasteiger partial charge in [0.1, 0.15) is 0 Å². The number of ether oxygens (including phenoxy) is 1. The van der Waals surface area contributed by atoms with Gasteiger partial charge >= 0.3 is 6.09 Å². The second-order valence-electron chi connectivity index (χ2n) is 8.55. The highest BCUT2D eigenvalue weighted by Crippen LogP contribution is 2.41. The number of benzene rings is 1. The average molecular weight is 370 g/mol. The Labute approximate surface area is 162 Å². The molecule has 0 saturated carbocycles. The molecule has 0 aliphatic carbocycles. The number of carbonyl (C=O) groups is 1. The van der Waals surface area contributed by atoms with Crippen LogP contribution in [0.4, 0.5) is 4.79 Å². The molecule has 0 bridgehead atoms. The van der Waals surface area contributed by atoms with Crippen LogP contribution in [0.25, 0.3) is 0 Å². The van der Waals surface area contributed by atoms with Crippen LogP contribution in [0.15, 0.2) is 24.3 Å². The van der Waals surface area contributed by atoms with E-state index in [1.54, 1.807) is 0 Å². The Hall–Kier alpha value is -2.06. The first-order valence-electron chi connectivity index (χ1n) is 10.1. The van der Waals surface area contributed by atoms with Crippen molar-refractivity contribution in [1.82, 2.24) is 9.80 Å². The van der Waals surface area contributed by atoms with E-state index in [4.69, 9.17) is 10.00 Å². The molecule has 0 radical (unpaired) electrons. The molecule has 2 fully saturated rings. The summed E-state index contributed by atoms with van der Waals surface area (Å²) in [5.41, 5.74) is 2.34. The number of amides is 1. The molecule has 146 valence electrons. The zero-order chi connectivity index (χ0) is 19.3. The zero-order valence-corrected chi connectivity index (χ0v) is 16.6. The van der Waals surface area contributed by atoms with Crippen molar-refractivity contribution in [2.24, 2.45) is 11.3 Å². The van der Waals surface area contributed by atoms with Crippen LogP contribution in [0, 0.1) is 22.7 Å². The van der Waals surface area contributed by atoms with Crippen molar-refractivity contribution in [2.75, 3.05) is 32.8 Å². The van der Waals surface area contributed by atoms with E-state index in [1.807, 2.05) is 23.1 Å². The van der Waals surface area contributed by atoms with Crippen molar-refractivity contribution in [1.29, 1.82) is 5.26 Å². The van der Waals surface area contributed by atoms with Gasteiger partial charge in [0.25, 0.3) is 0 Å². The molecule has 1 amide bonds. The Morgan fingerprint density at radius 1 is 1.19 bits per heavy atom. The Kier molecular flexibility index (Phi) is 6.38. The Morgan fingerprint density at radius 3 is 2.48 bits per heavy atom. The van der Waals surface area contributed by atoms with Crippen molar-refractivity contribution in [3.8, 4) is 6.07 Å². The third-order valence-corrected chi connectivity index (χ3v) is 6.00. The quantitative estimate of drug-likeness (QED) is 0.804. The van der Waals surface area contributed by atoms with Gasteiger partial charge in [-0.3, -0.25) is 4.90 Å². The van der Waals surface area contributed by atoms with Crippen LogP contribution in [0.1, 0.15) is 50.7 Å². The molecule has 2 aliphatic heterocycles. The summed E-state index contributed by atoms with van der Waals surface area (Å²) >= 11 is 0. The largest absolute Gasteiger partial charge is 0.449 e. The van der Waals surface area contributed by atoms with E-state index in [1.165, 1.54) is 18.4 Å². The zero-order valence-electron chi connectivity index (χ0n) is 16.6. The maximum absolute atomic E-state index is 12.2. The highest BCUT2D eigenvalue weighted by Gasteiger charge is 2.38. The summed E-state index contributed by atoms with van der Waals surface area (Å²) in [4.78, 5) is 16.5. The van der Waals surface area contributed by atoms with E-state index < -0.39 is 0 Å². The molecular formula is C22H31N3O2. The number of hydrogen-bond donors (Lipinski definition) is 0. The molecule has 0 aromatic heterocycles. The van der Waals surface area contributed by atoms with Gasteiger partial charge in [0.05, 0.1) is 18.2 Å². The molecule has 3 rings (SSSR count). The number of nitriles is 1. The van der Waals surface area contributed by atoms with Crippen LogP contribution in [0.2, 0.25) is 0 Å². The molecule has 0 N–H and O–H groups in total. The van der Waals surface area contributed by atoms with Crippen LogP contribution in [0.5, 0.6) is 0 Å². The topological polar surface area (TPSA) is 56.6 Å². The van der Waals surface area contributed by atoms with Crippen molar-refractivity contribution >= 4 is 6.09 Å². The van der Waals surface area contributed by atoms with Crippen molar-refractivity contribution in [3.63, 3.8) is 0 Å². The first-order valence-corrected chi connectivity index (χ1v) is 10.1. The van der Waals surface area contributed by atoms with Gasteiger partial charge in [-0.05, 0) is 67.8 Å². The predicted molar refractivity (Wildman–Crippen MR) is 105 cm³/mol. The van der Waals surface area contributed by atoms with Gasteiger partial charge in [0.2, 0.25) is 0 Å². The van der Waals surface area contributed by atoms with Gasteiger partial charge < -0.3 is 9.64 Å². The molecule has 2 saturated heterocycles. The summed E-state index contributed by atoms with van der Waals surface area (Å²) < 4.78 is 5.38. The Morgan fingerprint density at radius 2 is 1.85 bits per heavy atom. The highest BCUT2D eigenvalue weighted by atomic mass is 16.6. The smallest absolute Gasteiger partial charge is 0.409 e. The Bertz CT molecular complexity index is 677. The lowest BCUT2D eigenvalue weighted by Gasteiger charge is -2.46. The van der Waals surface area contributed by atoms with Gasteiger partial charge in [-0.2, -0.15) is 5.26 Å². The monoisotopic (exact) mass is 369 g/mol. The number of carbonyl (C=O) groups excluding carboxylic acids is 1. The maximum atomic E-state index is 12.2. The van der Waals surface area contributed by atoms with Crippen LogP contribution < -0.4 is 0 Å². The number of nitrogens with zero attached hydrogens (tertiary/aromatic N) is 3. The summed E-state index contributed by atoms with van der Waals surface area (Å²) in [7, 11) is 0. The summed E-state index contributed by atoms with van der Waals surface area (Å²) in [6.07, 6.45) is 4.41. The van der Waals surface area contributed by atoms with Crippen molar-refractivity contribution in [2.45, 2.75) is 46.1 Å². The van der Waals surface area contributed by atoms with Gasteiger partial charge in [0, 0.05) is 19.6 Å². The van der Waals surface area contributed by atoms with Gasteiger partial charge in [-0.1, -0.05) is 26.0 Å². The molecule has 1 aromatic carbocycles. The molecular weight excluding hydrogens is 338 g/mol. The molecule has 27 heavy (non-hydrogen) atoms. The minimum atomic E-state index is -0.145. The van der Waals surface area contributed by atoms with E-state index in [2.05, 4.69) is 30.9 Å². The SMILES string of the molecule is CC(C)COC(=O)N1CCC2(CCN(Cc3cccc(C#N)c3)CC2)CC1. The molecule has 2 aliphatic rings. The Balaban J connectivity index is 1.45. The van der Waals surface area contributed by atoms with E-state index in [9.17, 15) is 4.79 Å². The fourth-order valence-corrected chi connectivity index (χ4v) is 4.18. The maximum Gasteiger partial charge on any atom is 0.409 e. The van der Waals surface area contributed by atoms with Gasteiger partial charge in [-0.15, -0.1) is 0 Å². The summed E-state index contributed by atoms with van der Waals surface area (Å²) in [6.45, 7) is 9.36. The van der Waals surface area contributed by atoms with E-state index in [-0.39, 0.29) is 6.09 Å². The summed E-state index contributed by atoms with van der Waals surface area (Å²) in [5, 5.41) is 9.05. The molecule has 0 atom stereocenters. The van der Waals surface area contributed by atoms with Crippen LogP contribution in [0.3, 0.4) is 0 Å². The van der Waals surface area contributed by atoms with E-state index >= 15 is 0 Å². The molecule has 2 heterocycles. The van der Waals surface area contributed by atoms with E-state index in [0.717, 1.165) is 51.1 Å². The first kappa shape index (κ1) is 19.7. The number of rotatable bonds is 4. The van der Waals surface area contributed by atoms with Crippen molar-refractivity contribution in [3.05, 3.63) is 35.4 Å². The van der Waals surface area contributed by atoms with Gasteiger partial charge in [-0.25, -0.2) is 4.79 Å². The fraction of sp³-hybridized carbons (Fsp3) is 0.636. The minimum Gasteiger partial charge on any atom is -0.449 e. The normalized spacial score (nSPS) is 19.9. The van der Waals surface area contributed by atoms with Crippen LogP contribution >= 0.6 is 0 Å². The van der Waals surface area contributed by atoms with E-state index in [0.29, 0.717) is 17.9 Å². The second kappa shape index (κ2) is 8.75. The highest BCUT2D eigenvalue weighted by molar-refractivity contribution is 5.67. The third kappa shape index (κ3) is 5.23. The summed E-state index contributed by atoms with van der Waals surface area (Å²) in [6, 6.07) is 10.1. The van der Waals surface area contributed by atoms with Crippen LogP contribution in [-0.2, 0) is 11.3 Å². The number of hydrogen-bond acceptors (Lipinski definition) is 4. The lowest BCUT2D eigenvalue weighted by Crippen LogP contribution is -2.48. The number of likely N-dealkylation sites (tertiary alicyclic amines) is 2. The predicted octanol–water partition coefficient (Wildman–Crippen LogP) is 4.03. The molecule has 1 aromatic rings. The van der Waals surface area contributed by atoms with Crippen LogP contribution in [-0.4, -0.2) is 48.7 Å². The molecule has 0 unspecified atom stereocenters. The number of piperidine rings is 2. The lowest BCUT2D eigenvalue weighted by atomic mass is 9.71. The first-order chi connectivity index (χ1) is 13.0. The average Bonchev–Trinajstić information content (AvgIpc) is 2.69. The third-order valence-electron chi connectivity index (χ3n) is 6.00.